The first-order chi connectivity index (χ1) is 6.29. The SMILES string of the molecule is CCCOc1ccnc(C=O)c1C. The van der Waals surface area contributed by atoms with Gasteiger partial charge in [0.05, 0.1) is 6.61 Å². The van der Waals surface area contributed by atoms with E-state index in [-0.39, 0.29) is 0 Å². The van der Waals surface area contributed by atoms with Crippen molar-refractivity contribution >= 4 is 6.29 Å². The van der Waals surface area contributed by atoms with E-state index in [9.17, 15) is 4.79 Å². The third-order valence-corrected chi connectivity index (χ3v) is 1.77. The Balaban J connectivity index is 2.87. The lowest BCUT2D eigenvalue weighted by molar-refractivity contribution is 0.111. The molecule has 0 N–H and O–H groups in total. The summed E-state index contributed by atoms with van der Waals surface area (Å²) in [7, 11) is 0. The topological polar surface area (TPSA) is 39.2 Å². The Bertz CT molecular complexity index is 297. The number of aldehydes is 1. The number of carbonyl (C=O) groups excluding carboxylic acids is 1. The number of hydrogen-bond acceptors (Lipinski definition) is 3. The fraction of sp³-hybridized carbons (Fsp3) is 0.400. The second-order valence-corrected chi connectivity index (χ2v) is 2.79. The van der Waals surface area contributed by atoms with E-state index in [1.54, 1.807) is 12.3 Å². The number of rotatable bonds is 4. The molecule has 1 rings (SSSR count). The van der Waals surface area contributed by atoms with E-state index >= 15 is 0 Å². The molecule has 0 aliphatic heterocycles. The van der Waals surface area contributed by atoms with Gasteiger partial charge in [0.15, 0.2) is 6.29 Å². The molecule has 0 aliphatic carbocycles. The van der Waals surface area contributed by atoms with Crippen molar-refractivity contribution in [2.75, 3.05) is 6.61 Å². The van der Waals surface area contributed by atoms with Crippen LogP contribution in [0.5, 0.6) is 5.75 Å². The van der Waals surface area contributed by atoms with Crippen molar-refractivity contribution in [3.05, 3.63) is 23.5 Å². The molecule has 0 amide bonds. The Labute approximate surface area is 77.8 Å². The molecule has 3 heteroatoms. The summed E-state index contributed by atoms with van der Waals surface area (Å²) >= 11 is 0. The van der Waals surface area contributed by atoms with Gasteiger partial charge in [-0.15, -0.1) is 0 Å². The summed E-state index contributed by atoms with van der Waals surface area (Å²) in [6.45, 7) is 4.54. The summed E-state index contributed by atoms with van der Waals surface area (Å²) in [5, 5.41) is 0. The first kappa shape index (κ1) is 9.71. The van der Waals surface area contributed by atoms with Crippen LogP contribution in [0.3, 0.4) is 0 Å². The van der Waals surface area contributed by atoms with Gasteiger partial charge in [0.2, 0.25) is 0 Å². The molecule has 0 saturated carbocycles. The summed E-state index contributed by atoms with van der Waals surface area (Å²) in [5.41, 5.74) is 1.26. The molecule has 0 aromatic carbocycles. The maximum absolute atomic E-state index is 10.5. The second kappa shape index (κ2) is 4.60. The predicted octanol–water partition coefficient (Wildman–Crippen LogP) is 1.99. The normalized spacial score (nSPS) is 9.69. The predicted molar refractivity (Wildman–Crippen MR) is 50.1 cm³/mol. The molecule has 0 aliphatic rings. The van der Waals surface area contributed by atoms with Gasteiger partial charge < -0.3 is 4.74 Å². The number of carbonyl (C=O) groups is 1. The lowest BCUT2D eigenvalue weighted by Gasteiger charge is -2.07. The van der Waals surface area contributed by atoms with E-state index in [0.29, 0.717) is 12.3 Å². The fourth-order valence-electron chi connectivity index (χ4n) is 1.02. The average Bonchev–Trinajstić information content (AvgIpc) is 2.16. The van der Waals surface area contributed by atoms with E-state index in [1.165, 1.54) is 0 Å². The zero-order chi connectivity index (χ0) is 9.68. The Morgan fingerprint density at radius 2 is 2.38 bits per heavy atom. The molecule has 13 heavy (non-hydrogen) atoms. The van der Waals surface area contributed by atoms with Crippen molar-refractivity contribution in [3.63, 3.8) is 0 Å². The van der Waals surface area contributed by atoms with Gasteiger partial charge >= 0.3 is 0 Å². The fourth-order valence-corrected chi connectivity index (χ4v) is 1.02. The number of aromatic nitrogens is 1. The highest BCUT2D eigenvalue weighted by atomic mass is 16.5. The molecule has 0 atom stereocenters. The molecule has 1 heterocycles. The molecule has 3 nitrogen and oxygen atoms in total. The third kappa shape index (κ3) is 2.28. The molecule has 0 spiro atoms. The van der Waals surface area contributed by atoms with Crippen LogP contribution < -0.4 is 4.74 Å². The van der Waals surface area contributed by atoms with Crippen molar-refractivity contribution in [1.29, 1.82) is 0 Å². The van der Waals surface area contributed by atoms with Crippen LogP contribution in [-0.4, -0.2) is 17.9 Å². The van der Waals surface area contributed by atoms with Crippen LogP contribution in [-0.2, 0) is 0 Å². The maximum atomic E-state index is 10.5. The number of nitrogens with zero attached hydrogens (tertiary/aromatic N) is 1. The monoisotopic (exact) mass is 179 g/mol. The van der Waals surface area contributed by atoms with Crippen LogP contribution in [0.4, 0.5) is 0 Å². The summed E-state index contributed by atoms with van der Waals surface area (Å²) < 4.78 is 5.43. The highest BCUT2D eigenvalue weighted by Gasteiger charge is 2.04. The summed E-state index contributed by atoms with van der Waals surface area (Å²) in [6.07, 6.45) is 3.29. The van der Waals surface area contributed by atoms with Gasteiger partial charge in [0, 0.05) is 11.8 Å². The van der Waals surface area contributed by atoms with Gasteiger partial charge in [-0.05, 0) is 19.4 Å². The van der Waals surface area contributed by atoms with Crippen molar-refractivity contribution in [2.24, 2.45) is 0 Å². The van der Waals surface area contributed by atoms with Gasteiger partial charge in [-0.3, -0.25) is 9.78 Å². The lowest BCUT2D eigenvalue weighted by Crippen LogP contribution is -2.00. The Hall–Kier alpha value is -1.38. The van der Waals surface area contributed by atoms with Crippen molar-refractivity contribution in [1.82, 2.24) is 4.98 Å². The Morgan fingerprint density at radius 1 is 1.62 bits per heavy atom. The van der Waals surface area contributed by atoms with Crippen LogP contribution in [0.2, 0.25) is 0 Å². The number of hydrogen-bond donors (Lipinski definition) is 0. The standard InChI is InChI=1S/C10H13NO2/c1-3-6-13-10-4-5-11-9(7-12)8(10)2/h4-5,7H,3,6H2,1-2H3. The van der Waals surface area contributed by atoms with E-state index in [4.69, 9.17) is 4.74 Å². The molecular formula is C10H13NO2. The highest BCUT2D eigenvalue weighted by Crippen LogP contribution is 2.18. The van der Waals surface area contributed by atoms with Crippen LogP contribution in [0.1, 0.15) is 29.4 Å². The van der Waals surface area contributed by atoms with Gasteiger partial charge in [-0.25, -0.2) is 0 Å². The molecule has 0 fully saturated rings. The first-order valence-corrected chi connectivity index (χ1v) is 4.33. The average molecular weight is 179 g/mol. The minimum atomic E-state index is 0.452. The molecule has 1 aromatic rings. The Morgan fingerprint density at radius 3 is 3.00 bits per heavy atom. The molecule has 70 valence electrons. The van der Waals surface area contributed by atoms with Crippen molar-refractivity contribution < 1.29 is 9.53 Å². The van der Waals surface area contributed by atoms with E-state index in [2.05, 4.69) is 4.98 Å². The van der Waals surface area contributed by atoms with Gasteiger partial charge in [0.25, 0.3) is 0 Å². The Kier molecular flexibility index (Phi) is 3.43. The van der Waals surface area contributed by atoms with Crippen LogP contribution in [0, 0.1) is 6.92 Å². The zero-order valence-electron chi connectivity index (χ0n) is 7.91. The van der Waals surface area contributed by atoms with Crippen molar-refractivity contribution in [3.8, 4) is 5.75 Å². The second-order valence-electron chi connectivity index (χ2n) is 2.79. The van der Waals surface area contributed by atoms with E-state index in [1.807, 2.05) is 13.8 Å². The van der Waals surface area contributed by atoms with E-state index in [0.717, 1.165) is 24.0 Å². The maximum Gasteiger partial charge on any atom is 0.168 e. The summed E-state index contributed by atoms with van der Waals surface area (Å²) in [6, 6.07) is 1.78. The molecule has 0 bridgehead atoms. The summed E-state index contributed by atoms with van der Waals surface area (Å²) in [5.74, 6) is 0.749. The first-order valence-electron chi connectivity index (χ1n) is 4.33. The minimum absolute atomic E-state index is 0.452. The zero-order valence-corrected chi connectivity index (χ0v) is 7.91. The largest absolute Gasteiger partial charge is 0.493 e. The highest BCUT2D eigenvalue weighted by molar-refractivity contribution is 5.75. The van der Waals surface area contributed by atoms with Crippen LogP contribution >= 0.6 is 0 Å². The van der Waals surface area contributed by atoms with Crippen LogP contribution in [0.15, 0.2) is 12.3 Å². The van der Waals surface area contributed by atoms with Gasteiger partial charge in [-0.2, -0.15) is 0 Å². The quantitative estimate of drug-likeness (QED) is 0.663. The molecule has 0 saturated heterocycles. The molecular weight excluding hydrogens is 166 g/mol. The number of pyridine rings is 1. The van der Waals surface area contributed by atoms with Crippen LogP contribution in [0.25, 0.3) is 0 Å². The third-order valence-electron chi connectivity index (χ3n) is 1.77. The minimum Gasteiger partial charge on any atom is -0.493 e. The van der Waals surface area contributed by atoms with Gasteiger partial charge in [-0.1, -0.05) is 6.92 Å². The molecule has 0 unspecified atom stereocenters. The van der Waals surface area contributed by atoms with Gasteiger partial charge in [0.1, 0.15) is 11.4 Å². The smallest absolute Gasteiger partial charge is 0.168 e. The number of ether oxygens (including phenoxy) is 1. The lowest BCUT2D eigenvalue weighted by atomic mass is 10.2. The molecule has 1 aromatic heterocycles. The van der Waals surface area contributed by atoms with E-state index < -0.39 is 0 Å². The molecule has 0 radical (unpaired) electrons. The van der Waals surface area contributed by atoms with Crippen molar-refractivity contribution in [2.45, 2.75) is 20.3 Å². The summed E-state index contributed by atoms with van der Waals surface area (Å²) in [4.78, 5) is 14.5.